The quantitative estimate of drug-likeness (QED) is 0.576. The van der Waals surface area contributed by atoms with E-state index in [2.05, 4.69) is 40.8 Å². The Morgan fingerprint density at radius 3 is 2.58 bits per heavy atom. The lowest BCUT2D eigenvalue weighted by Gasteiger charge is -2.58. The number of carbonyl (C=O) groups excluding carboxylic acids is 2. The van der Waals surface area contributed by atoms with Gasteiger partial charge in [-0.25, -0.2) is 0 Å². The van der Waals surface area contributed by atoms with Gasteiger partial charge in [0.05, 0.1) is 12.7 Å². The van der Waals surface area contributed by atoms with Crippen LogP contribution in [0.5, 0.6) is 0 Å². The minimum absolute atomic E-state index is 0.00232. The molecule has 6 heteroatoms. The van der Waals surface area contributed by atoms with Crippen LogP contribution in [-0.2, 0) is 14.0 Å². The third-order valence-electron chi connectivity index (χ3n) is 10.6. The maximum Gasteiger partial charge on any atom is 0.192 e. The van der Waals surface area contributed by atoms with Gasteiger partial charge in [-0.3, -0.25) is 9.59 Å². The van der Waals surface area contributed by atoms with Crippen molar-refractivity contribution in [3.63, 3.8) is 0 Å². The van der Waals surface area contributed by atoms with Gasteiger partial charge in [-0.05, 0) is 85.9 Å². The van der Waals surface area contributed by atoms with E-state index < -0.39 is 25.4 Å². The molecule has 0 amide bonds. The summed E-state index contributed by atoms with van der Waals surface area (Å²) >= 11 is 0. The normalized spacial score (nSPS) is 43.4. The zero-order valence-corrected chi connectivity index (χ0v) is 22.6. The number of Topliss-reactive ketones (excluding diaryl/α,β-unsaturated/α-hetero) is 1. The van der Waals surface area contributed by atoms with Gasteiger partial charge in [0, 0.05) is 11.8 Å². The number of hydrogen-bond donors (Lipinski definition) is 2. The SMILES string of the molecule is C[C@@H]1CC(=O)C=C2CC[C@@H]3[C@@H]([C@H]21)[C@@H](O)C[C@@]1(C)[C@H]3CC[C@]1(O)C(=O)CO[Si](C)(C)C(C)(C)C. The summed E-state index contributed by atoms with van der Waals surface area (Å²) < 4.78 is 6.21. The lowest BCUT2D eigenvalue weighted by Crippen LogP contribution is -2.61. The van der Waals surface area contributed by atoms with Crippen LogP contribution < -0.4 is 0 Å². The molecule has 8 atom stereocenters. The fraction of sp³-hybridized carbons (Fsp3) is 0.852. The molecule has 4 aliphatic carbocycles. The molecular weight excluding hydrogens is 432 g/mol. The summed E-state index contributed by atoms with van der Waals surface area (Å²) in [5, 5.41) is 23.3. The second-order valence-electron chi connectivity index (χ2n) is 13.3. The molecule has 0 unspecified atom stereocenters. The molecule has 0 saturated heterocycles. The molecule has 4 aliphatic rings. The molecule has 5 nitrogen and oxygen atoms in total. The molecule has 186 valence electrons. The van der Waals surface area contributed by atoms with Gasteiger partial charge in [0.1, 0.15) is 5.60 Å². The van der Waals surface area contributed by atoms with Crippen LogP contribution in [0.25, 0.3) is 0 Å². The number of rotatable bonds is 4. The average molecular weight is 477 g/mol. The van der Waals surface area contributed by atoms with Crippen LogP contribution >= 0.6 is 0 Å². The van der Waals surface area contributed by atoms with Gasteiger partial charge in [0.2, 0.25) is 0 Å². The minimum Gasteiger partial charge on any atom is -0.409 e. The van der Waals surface area contributed by atoms with Crippen molar-refractivity contribution in [1.82, 2.24) is 0 Å². The predicted octanol–water partition coefficient (Wildman–Crippen LogP) is 4.67. The molecule has 33 heavy (non-hydrogen) atoms. The minimum atomic E-state index is -2.11. The first kappa shape index (κ1) is 25.3. The van der Waals surface area contributed by atoms with Gasteiger partial charge in [-0.2, -0.15) is 0 Å². The maximum absolute atomic E-state index is 13.5. The van der Waals surface area contributed by atoms with Gasteiger partial charge < -0.3 is 14.6 Å². The predicted molar refractivity (Wildman–Crippen MR) is 131 cm³/mol. The Morgan fingerprint density at radius 2 is 1.94 bits per heavy atom. The summed E-state index contributed by atoms with van der Waals surface area (Å²) in [4.78, 5) is 25.6. The number of aliphatic hydroxyl groups is 2. The van der Waals surface area contributed by atoms with Crippen molar-refractivity contribution in [2.75, 3.05) is 6.61 Å². The Bertz CT molecular complexity index is 857. The summed E-state index contributed by atoms with van der Waals surface area (Å²) in [7, 11) is -2.11. The fourth-order valence-electron chi connectivity index (χ4n) is 7.72. The molecule has 3 saturated carbocycles. The van der Waals surface area contributed by atoms with Gasteiger partial charge in [-0.15, -0.1) is 0 Å². The van der Waals surface area contributed by atoms with E-state index in [0.717, 1.165) is 19.3 Å². The first-order valence-corrected chi connectivity index (χ1v) is 15.8. The summed E-state index contributed by atoms with van der Waals surface area (Å²) in [6, 6.07) is 0. The Labute approximate surface area is 200 Å². The van der Waals surface area contributed by atoms with Gasteiger partial charge in [-0.1, -0.05) is 40.2 Å². The first-order chi connectivity index (χ1) is 15.1. The number of fused-ring (bicyclic) bond motifs is 5. The van der Waals surface area contributed by atoms with Gasteiger partial charge in [0.25, 0.3) is 0 Å². The topological polar surface area (TPSA) is 83.8 Å². The monoisotopic (exact) mass is 476 g/mol. The van der Waals surface area contributed by atoms with Crippen LogP contribution in [0, 0.1) is 35.0 Å². The number of aliphatic hydroxyl groups excluding tert-OH is 1. The molecule has 0 aromatic rings. The maximum atomic E-state index is 13.5. The lowest BCUT2D eigenvalue weighted by atomic mass is 9.48. The van der Waals surface area contributed by atoms with E-state index in [1.807, 2.05) is 13.0 Å². The van der Waals surface area contributed by atoms with Crippen LogP contribution in [0.15, 0.2) is 11.6 Å². The lowest BCUT2D eigenvalue weighted by molar-refractivity contribution is -0.177. The summed E-state index contributed by atoms with van der Waals surface area (Å²) in [6.07, 6.45) is 5.34. The average Bonchev–Trinajstić information content (AvgIpc) is 2.96. The van der Waals surface area contributed by atoms with Crippen LogP contribution in [0.3, 0.4) is 0 Å². The van der Waals surface area contributed by atoms with E-state index in [0.29, 0.717) is 19.3 Å². The van der Waals surface area contributed by atoms with Crippen molar-refractivity contribution in [2.45, 2.75) is 103 Å². The van der Waals surface area contributed by atoms with E-state index in [4.69, 9.17) is 4.43 Å². The van der Waals surface area contributed by atoms with Gasteiger partial charge >= 0.3 is 0 Å². The van der Waals surface area contributed by atoms with E-state index >= 15 is 0 Å². The van der Waals surface area contributed by atoms with Crippen molar-refractivity contribution in [3.05, 3.63) is 11.6 Å². The Hall–Kier alpha value is -0.823. The van der Waals surface area contributed by atoms with Crippen LogP contribution in [-0.4, -0.2) is 48.4 Å². The second-order valence-corrected chi connectivity index (χ2v) is 18.1. The third-order valence-corrected chi connectivity index (χ3v) is 15.1. The standard InChI is InChI=1S/C27H44O5Si/c1-16-12-18(28)13-17-8-9-19-20-10-11-27(31,22(30)15-32-33(6,7)25(2,3)4)26(20,5)14-21(29)24(19)23(16)17/h13,16,19-21,23-24,29,31H,8-12,14-15H2,1-7H3/t16-,19+,20+,21+,23+,24-,26+,27+/m1/s1. The summed E-state index contributed by atoms with van der Waals surface area (Å²) in [5.41, 5.74) is -0.873. The highest BCUT2D eigenvalue weighted by molar-refractivity contribution is 6.74. The number of ketones is 2. The van der Waals surface area contributed by atoms with E-state index in [1.165, 1.54) is 5.57 Å². The zero-order chi connectivity index (χ0) is 24.6. The molecular formula is C27H44O5Si. The highest BCUT2D eigenvalue weighted by Gasteiger charge is 2.67. The Kier molecular flexibility index (Phi) is 6.21. The number of allylic oxidation sites excluding steroid dienone is 1. The summed E-state index contributed by atoms with van der Waals surface area (Å²) in [5.74, 6) is 1.09. The molecule has 0 aliphatic heterocycles. The van der Waals surface area contributed by atoms with Crippen molar-refractivity contribution in [1.29, 1.82) is 0 Å². The molecule has 4 rings (SSSR count). The smallest absolute Gasteiger partial charge is 0.192 e. The van der Waals surface area contributed by atoms with Crippen molar-refractivity contribution < 1.29 is 24.2 Å². The van der Waals surface area contributed by atoms with Gasteiger partial charge in [0.15, 0.2) is 19.9 Å². The second kappa shape index (κ2) is 8.11. The van der Waals surface area contributed by atoms with Crippen molar-refractivity contribution in [2.24, 2.45) is 35.0 Å². The third kappa shape index (κ3) is 3.84. The highest BCUT2D eigenvalue weighted by atomic mass is 28.4. The molecule has 0 aromatic heterocycles. The van der Waals surface area contributed by atoms with Crippen LogP contribution in [0.1, 0.15) is 73.1 Å². The zero-order valence-electron chi connectivity index (χ0n) is 21.6. The molecule has 0 spiro atoms. The number of hydrogen-bond acceptors (Lipinski definition) is 5. The van der Waals surface area contributed by atoms with E-state index in [9.17, 15) is 19.8 Å². The molecule has 0 aromatic carbocycles. The highest BCUT2D eigenvalue weighted by Crippen LogP contribution is 2.65. The Balaban J connectivity index is 1.58. The summed E-state index contributed by atoms with van der Waals surface area (Å²) in [6.45, 7) is 14.8. The molecule has 3 fully saturated rings. The Morgan fingerprint density at radius 1 is 1.27 bits per heavy atom. The molecule has 0 radical (unpaired) electrons. The van der Waals surface area contributed by atoms with Crippen molar-refractivity contribution in [3.8, 4) is 0 Å². The fourth-order valence-corrected chi connectivity index (χ4v) is 8.64. The largest absolute Gasteiger partial charge is 0.409 e. The molecule has 2 N–H and O–H groups in total. The van der Waals surface area contributed by atoms with Crippen LogP contribution in [0.2, 0.25) is 18.1 Å². The van der Waals surface area contributed by atoms with E-state index in [-0.39, 0.29) is 52.8 Å². The molecule has 0 bridgehead atoms. The van der Waals surface area contributed by atoms with Crippen molar-refractivity contribution >= 4 is 19.9 Å². The van der Waals surface area contributed by atoms with Crippen LogP contribution in [0.4, 0.5) is 0 Å². The molecule has 0 heterocycles. The van der Waals surface area contributed by atoms with E-state index in [1.54, 1.807) is 0 Å². The number of carbonyl (C=O) groups is 2. The first-order valence-electron chi connectivity index (χ1n) is 12.9.